The smallest absolute Gasteiger partial charge is 0.271 e. The summed E-state index contributed by atoms with van der Waals surface area (Å²) < 4.78 is 8.08. The Morgan fingerprint density at radius 2 is 2.06 bits per heavy atom. The summed E-state index contributed by atoms with van der Waals surface area (Å²) in [4.78, 5) is 39.5. The zero-order valence-corrected chi connectivity index (χ0v) is 20.4. The highest BCUT2D eigenvalue weighted by Crippen LogP contribution is 2.29. The summed E-state index contributed by atoms with van der Waals surface area (Å²) in [6, 6.07) is 7.20. The molecule has 4 rings (SSSR count). The number of nitrogens with two attached hydrogens (primary N) is 1. The number of benzene rings is 1. The highest BCUT2D eigenvalue weighted by atomic mass is 16.5. The van der Waals surface area contributed by atoms with Gasteiger partial charge in [0.1, 0.15) is 17.3 Å². The lowest BCUT2D eigenvalue weighted by molar-refractivity contribution is -0.111. The number of nitrogens with zero attached hydrogens (tertiary/aromatic N) is 5. The molecule has 0 spiro atoms. The van der Waals surface area contributed by atoms with Crippen molar-refractivity contribution in [2.75, 3.05) is 30.8 Å². The molecule has 0 radical (unpaired) electrons. The van der Waals surface area contributed by atoms with Crippen molar-refractivity contribution in [2.45, 2.75) is 32.2 Å². The lowest BCUT2D eigenvalue weighted by Gasteiger charge is -2.29. The van der Waals surface area contributed by atoms with Crippen molar-refractivity contribution < 1.29 is 14.3 Å². The summed E-state index contributed by atoms with van der Waals surface area (Å²) >= 11 is 0. The fourth-order valence-electron chi connectivity index (χ4n) is 3.98. The van der Waals surface area contributed by atoms with Gasteiger partial charge in [0.05, 0.1) is 6.33 Å². The van der Waals surface area contributed by atoms with E-state index in [4.69, 9.17) is 10.5 Å². The number of nitrogens with one attached hydrogen (secondary N) is 2. The molecule has 0 atom stereocenters. The quantitative estimate of drug-likeness (QED) is 0.388. The first-order valence-electron chi connectivity index (χ1n) is 11.8. The van der Waals surface area contributed by atoms with Crippen molar-refractivity contribution in [1.82, 2.24) is 24.4 Å². The van der Waals surface area contributed by atoms with Crippen LogP contribution < -0.4 is 21.1 Å². The molecule has 2 amide bonds. The van der Waals surface area contributed by atoms with Crippen molar-refractivity contribution in [3.8, 4) is 11.6 Å². The fraction of sp³-hybridized carbons (Fsp3) is 0.320. The molecular weight excluding hydrogens is 460 g/mol. The van der Waals surface area contributed by atoms with Crippen molar-refractivity contribution in [3.63, 3.8) is 0 Å². The molecule has 2 aromatic heterocycles. The molecule has 1 aliphatic rings. The molecule has 1 fully saturated rings. The molecule has 1 aliphatic heterocycles. The van der Waals surface area contributed by atoms with Gasteiger partial charge < -0.3 is 30.6 Å². The van der Waals surface area contributed by atoms with Crippen molar-refractivity contribution in [1.29, 1.82) is 0 Å². The molecule has 11 nitrogen and oxygen atoms in total. The Morgan fingerprint density at radius 3 is 2.75 bits per heavy atom. The summed E-state index contributed by atoms with van der Waals surface area (Å²) in [6.07, 6.45) is 7.38. The summed E-state index contributed by atoms with van der Waals surface area (Å²) in [7, 11) is 2.12. The van der Waals surface area contributed by atoms with E-state index < -0.39 is 5.91 Å². The van der Waals surface area contributed by atoms with E-state index in [2.05, 4.69) is 48.7 Å². The molecular formula is C25H30N8O3. The number of rotatable bonds is 9. The number of hydrogen-bond acceptors (Lipinski definition) is 8. The lowest BCUT2D eigenvalue weighted by atomic mass is 10.1. The van der Waals surface area contributed by atoms with E-state index in [9.17, 15) is 9.59 Å². The first kappa shape index (κ1) is 24.9. The molecule has 188 valence electrons. The van der Waals surface area contributed by atoms with E-state index >= 15 is 0 Å². The van der Waals surface area contributed by atoms with Gasteiger partial charge in [0.25, 0.3) is 5.91 Å². The molecule has 3 aromatic rings. The number of ether oxygens (including phenoxy) is 1. The van der Waals surface area contributed by atoms with Crippen LogP contribution in [0.2, 0.25) is 0 Å². The molecule has 0 unspecified atom stereocenters. The van der Waals surface area contributed by atoms with Gasteiger partial charge in [0, 0.05) is 24.0 Å². The van der Waals surface area contributed by atoms with Crippen LogP contribution in [0.5, 0.6) is 11.6 Å². The maximum Gasteiger partial charge on any atom is 0.271 e. The van der Waals surface area contributed by atoms with Crippen LogP contribution in [-0.2, 0) is 11.2 Å². The summed E-state index contributed by atoms with van der Waals surface area (Å²) in [5.74, 6) is 0.278. The molecule has 1 saturated heterocycles. The van der Waals surface area contributed by atoms with Gasteiger partial charge >= 0.3 is 0 Å². The van der Waals surface area contributed by atoms with E-state index in [1.165, 1.54) is 6.08 Å². The number of primary amides is 1. The van der Waals surface area contributed by atoms with Gasteiger partial charge in [0.2, 0.25) is 11.8 Å². The van der Waals surface area contributed by atoms with Crippen molar-refractivity contribution in [3.05, 3.63) is 60.8 Å². The average Bonchev–Trinajstić information content (AvgIpc) is 3.33. The van der Waals surface area contributed by atoms with Gasteiger partial charge in [-0.15, -0.1) is 0 Å². The molecule has 0 saturated carbocycles. The zero-order chi connectivity index (χ0) is 25.7. The maximum atomic E-state index is 12.2. The van der Waals surface area contributed by atoms with Crippen LogP contribution in [0.15, 0.2) is 49.4 Å². The Labute approximate surface area is 209 Å². The van der Waals surface area contributed by atoms with Gasteiger partial charge in [-0.3, -0.25) is 9.59 Å². The Hall–Kier alpha value is -4.25. The Bertz CT molecular complexity index is 1260. The highest BCUT2D eigenvalue weighted by molar-refractivity contribution is 5.99. The molecule has 0 aliphatic carbocycles. The predicted octanol–water partition coefficient (Wildman–Crippen LogP) is 3.26. The number of carbonyl (C=O) groups excluding carboxylic acids is 2. The molecule has 11 heteroatoms. The Balaban J connectivity index is 1.60. The fourth-order valence-corrected chi connectivity index (χ4v) is 3.98. The normalized spacial score (nSPS) is 14.3. The van der Waals surface area contributed by atoms with Crippen molar-refractivity contribution >= 4 is 29.1 Å². The summed E-state index contributed by atoms with van der Waals surface area (Å²) in [5, 5.41) is 5.77. The van der Waals surface area contributed by atoms with Crippen LogP contribution in [-0.4, -0.2) is 56.4 Å². The van der Waals surface area contributed by atoms with E-state index in [0.29, 0.717) is 35.4 Å². The van der Waals surface area contributed by atoms with Crippen LogP contribution in [0, 0.1) is 0 Å². The van der Waals surface area contributed by atoms with Gasteiger partial charge in [0.15, 0.2) is 11.5 Å². The monoisotopic (exact) mass is 490 g/mol. The highest BCUT2D eigenvalue weighted by Gasteiger charge is 2.21. The topological polar surface area (TPSA) is 140 Å². The van der Waals surface area contributed by atoms with Crippen LogP contribution in [0.1, 0.15) is 42.0 Å². The number of likely N-dealkylation sites (tertiary alicyclic amines) is 1. The van der Waals surface area contributed by atoms with Crippen molar-refractivity contribution in [2.24, 2.45) is 5.73 Å². The minimum Gasteiger partial charge on any atom is -0.437 e. The number of hydrogen-bond donors (Lipinski definition) is 3. The molecule has 3 heterocycles. The molecule has 0 bridgehead atoms. The number of aromatic nitrogens is 4. The van der Waals surface area contributed by atoms with Crippen LogP contribution in [0.4, 0.5) is 17.3 Å². The number of piperidine rings is 1. The predicted molar refractivity (Wildman–Crippen MR) is 137 cm³/mol. The molecule has 36 heavy (non-hydrogen) atoms. The third kappa shape index (κ3) is 5.87. The van der Waals surface area contributed by atoms with Gasteiger partial charge in [-0.05, 0) is 57.6 Å². The second-order valence-corrected chi connectivity index (χ2v) is 8.58. The van der Waals surface area contributed by atoms with Crippen LogP contribution >= 0.6 is 0 Å². The zero-order valence-electron chi connectivity index (χ0n) is 20.4. The van der Waals surface area contributed by atoms with Gasteiger partial charge in [-0.1, -0.05) is 19.6 Å². The Morgan fingerprint density at radius 1 is 1.28 bits per heavy atom. The molecule has 4 N–H and O–H groups in total. The standard InChI is InChI=1S/C25H30N8O3/c1-4-19-25(36-18-8-6-7-16(13-18)28-21(34)5-2)31-24(22(29-19)23(26)35)30-20-14-33(15-27-20)17-9-11-32(3)12-10-17/h5-8,13-15,17H,2,4,9-12H2,1,3H3,(H2,26,35)(H,28,34)(H,30,31). The van der Waals surface area contributed by atoms with E-state index in [-0.39, 0.29) is 23.3 Å². The van der Waals surface area contributed by atoms with Crippen LogP contribution in [0.25, 0.3) is 0 Å². The number of amides is 2. The first-order chi connectivity index (χ1) is 17.4. The number of anilines is 3. The number of aryl methyl sites for hydroxylation is 1. The number of imidazole rings is 1. The number of carbonyl (C=O) groups is 2. The molecule has 1 aromatic carbocycles. The summed E-state index contributed by atoms with van der Waals surface area (Å²) in [6.45, 7) is 7.38. The van der Waals surface area contributed by atoms with E-state index in [1.807, 2.05) is 13.1 Å². The van der Waals surface area contributed by atoms with E-state index in [1.54, 1.807) is 30.6 Å². The van der Waals surface area contributed by atoms with Crippen LogP contribution in [0.3, 0.4) is 0 Å². The minimum absolute atomic E-state index is 0.0000354. The third-order valence-corrected chi connectivity index (χ3v) is 5.96. The first-order valence-corrected chi connectivity index (χ1v) is 11.8. The Kier molecular flexibility index (Phi) is 7.59. The second kappa shape index (κ2) is 11.0. The van der Waals surface area contributed by atoms with Gasteiger partial charge in [-0.2, -0.15) is 4.98 Å². The maximum absolute atomic E-state index is 12.2. The second-order valence-electron chi connectivity index (χ2n) is 8.58. The van der Waals surface area contributed by atoms with E-state index in [0.717, 1.165) is 25.9 Å². The minimum atomic E-state index is -0.713. The summed E-state index contributed by atoms with van der Waals surface area (Å²) in [5.41, 5.74) is 6.61. The average molecular weight is 491 g/mol. The lowest BCUT2D eigenvalue weighted by Crippen LogP contribution is -2.31. The third-order valence-electron chi connectivity index (χ3n) is 5.96. The largest absolute Gasteiger partial charge is 0.437 e. The van der Waals surface area contributed by atoms with Gasteiger partial charge in [-0.25, -0.2) is 9.97 Å². The SMILES string of the molecule is C=CC(=O)Nc1cccc(Oc2nc(Nc3cn(C4CCN(C)CC4)cn3)c(C(N)=O)nc2CC)c1.